The van der Waals surface area contributed by atoms with Crippen molar-refractivity contribution in [2.75, 3.05) is 6.61 Å². The third-order valence-corrected chi connectivity index (χ3v) is 4.83. The Hall–Kier alpha value is -2.25. The summed E-state index contributed by atoms with van der Waals surface area (Å²) in [5.74, 6) is -1.46. The Labute approximate surface area is 151 Å². The lowest BCUT2D eigenvalue weighted by atomic mass is 10.1. The zero-order chi connectivity index (χ0) is 18.1. The molecule has 0 spiro atoms. The molecule has 0 radical (unpaired) electrons. The molecular weight excluding hydrogens is 367 g/mol. The maximum atomic E-state index is 13.9. The second-order valence-corrected chi connectivity index (χ2v) is 6.74. The molecule has 0 saturated heterocycles. The van der Waals surface area contributed by atoms with Crippen molar-refractivity contribution in [1.29, 1.82) is 0 Å². The number of carbonyl (C=O) groups excluding carboxylic acids is 1. The fourth-order valence-electron chi connectivity index (χ4n) is 2.49. The number of nitrogens with zero attached hydrogens (tertiary/aromatic N) is 2. The maximum Gasteiger partial charge on any atom is 0.343 e. The van der Waals surface area contributed by atoms with E-state index in [1.54, 1.807) is 11.5 Å². The summed E-state index contributed by atoms with van der Waals surface area (Å²) in [5.41, 5.74) is 0.567. The summed E-state index contributed by atoms with van der Waals surface area (Å²) in [5, 5.41) is 2.66. The number of benzene rings is 1. The molecular formula is C17H14ClFN2O3S. The molecule has 130 valence electrons. The summed E-state index contributed by atoms with van der Waals surface area (Å²) in [6, 6.07) is 2.43. The molecule has 3 rings (SSSR count). The van der Waals surface area contributed by atoms with Gasteiger partial charge >= 0.3 is 5.97 Å². The first-order valence-electron chi connectivity index (χ1n) is 7.51. The van der Waals surface area contributed by atoms with Crippen LogP contribution in [0.5, 0.6) is 0 Å². The average molecular weight is 381 g/mol. The van der Waals surface area contributed by atoms with E-state index in [1.807, 2.05) is 12.3 Å². The highest BCUT2D eigenvalue weighted by molar-refractivity contribution is 7.09. The van der Waals surface area contributed by atoms with Gasteiger partial charge < -0.3 is 9.30 Å². The Morgan fingerprint density at radius 3 is 2.84 bits per heavy atom. The summed E-state index contributed by atoms with van der Waals surface area (Å²) in [6.45, 7) is 3.98. The summed E-state index contributed by atoms with van der Waals surface area (Å²) in [4.78, 5) is 29.1. The monoisotopic (exact) mass is 380 g/mol. The Bertz CT molecular complexity index is 1030. The number of aryl methyl sites for hydroxylation is 1. The fourth-order valence-corrected chi connectivity index (χ4v) is 3.42. The number of rotatable bonds is 4. The maximum absolute atomic E-state index is 13.9. The Morgan fingerprint density at radius 2 is 2.20 bits per heavy atom. The van der Waals surface area contributed by atoms with Crippen molar-refractivity contribution in [3.63, 3.8) is 0 Å². The number of carbonyl (C=O) groups is 1. The van der Waals surface area contributed by atoms with E-state index >= 15 is 0 Å². The molecule has 2 aromatic heterocycles. The van der Waals surface area contributed by atoms with Gasteiger partial charge in [0.15, 0.2) is 0 Å². The highest BCUT2D eigenvalue weighted by Crippen LogP contribution is 2.23. The van der Waals surface area contributed by atoms with Gasteiger partial charge in [0.05, 0.1) is 23.7 Å². The molecule has 0 amide bonds. The minimum Gasteiger partial charge on any atom is -0.462 e. The Morgan fingerprint density at radius 1 is 1.44 bits per heavy atom. The van der Waals surface area contributed by atoms with Gasteiger partial charge in [0.2, 0.25) is 5.43 Å². The van der Waals surface area contributed by atoms with Crippen molar-refractivity contribution in [2.45, 2.75) is 20.4 Å². The number of hydrogen-bond acceptors (Lipinski definition) is 5. The zero-order valence-electron chi connectivity index (χ0n) is 13.5. The van der Waals surface area contributed by atoms with E-state index in [9.17, 15) is 14.0 Å². The predicted octanol–water partition coefficient (Wildman–Crippen LogP) is 3.78. The van der Waals surface area contributed by atoms with Gasteiger partial charge in [-0.1, -0.05) is 11.6 Å². The molecule has 25 heavy (non-hydrogen) atoms. The number of fused-ring (bicyclic) bond motifs is 1. The van der Waals surface area contributed by atoms with Crippen molar-refractivity contribution in [1.82, 2.24) is 9.55 Å². The molecule has 0 aliphatic rings. The molecule has 0 aliphatic carbocycles. The second-order valence-electron chi connectivity index (χ2n) is 5.39. The van der Waals surface area contributed by atoms with Crippen LogP contribution in [0.1, 0.15) is 28.0 Å². The van der Waals surface area contributed by atoms with Crippen LogP contribution in [-0.4, -0.2) is 22.1 Å². The number of aromatic nitrogens is 2. The van der Waals surface area contributed by atoms with Gasteiger partial charge in [0.25, 0.3) is 0 Å². The van der Waals surface area contributed by atoms with Crippen LogP contribution >= 0.6 is 22.9 Å². The molecule has 8 heteroatoms. The molecule has 2 heterocycles. The lowest BCUT2D eigenvalue weighted by molar-refractivity contribution is 0.0524. The molecule has 0 fully saturated rings. The normalized spacial score (nSPS) is 11.0. The smallest absolute Gasteiger partial charge is 0.343 e. The quantitative estimate of drug-likeness (QED) is 0.646. The van der Waals surface area contributed by atoms with Crippen molar-refractivity contribution in [2.24, 2.45) is 0 Å². The lowest BCUT2D eigenvalue weighted by Gasteiger charge is -2.12. The van der Waals surface area contributed by atoms with Crippen LogP contribution in [0.25, 0.3) is 10.9 Å². The summed E-state index contributed by atoms with van der Waals surface area (Å²) < 4.78 is 20.5. The van der Waals surface area contributed by atoms with Crippen LogP contribution in [0.3, 0.4) is 0 Å². The number of thiazole rings is 1. The van der Waals surface area contributed by atoms with Gasteiger partial charge in [0, 0.05) is 22.7 Å². The Balaban J connectivity index is 2.25. The molecule has 0 N–H and O–H groups in total. The third kappa shape index (κ3) is 3.43. The SMILES string of the molecule is CCOC(=O)c1cn(Cc2nc(C)cs2)c2cc(Cl)c(F)cc2c1=O. The summed E-state index contributed by atoms with van der Waals surface area (Å²) in [7, 11) is 0. The first-order valence-corrected chi connectivity index (χ1v) is 8.76. The van der Waals surface area contributed by atoms with Crippen LogP contribution in [0.4, 0.5) is 4.39 Å². The molecule has 1 aromatic carbocycles. The van der Waals surface area contributed by atoms with Crippen LogP contribution in [0, 0.1) is 12.7 Å². The van der Waals surface area contributed by atoms with Gasteiger partial charge in [-0.25, -0.2) is 14.2 Å². The first-order chi connectivity index (χ1) is 11.9. The van der Waals surface area contributed by atoms with Crippen molar-refractivity contribution in [3.05, 3.63) is 61.0 Å². The standard InChI is InChI=1S/C17H14ClFN2O3S/c1-3-24-17(23)11-6-21(7-15-20-9(2)8-25-15)14-5-12(18)13(19)4-10(14)16(11)22/h4-6,8H,3,7H2,1-2H3. The fraction of sp³-hybridized carbons (Fsp3) is 0.235. The van der Waals surface area contributed by atoms with Crippen molar-refractivity contribution in [3.8, 4) is 0 Å². The molecule has 0 aliphatic heterocycles. The average Bonchev–Trinajstić information content (AvgIpc) is 2.97. The number of hydrogen-bond donors (Lipinski definition) is 0. The van der Waals surface area contributed by atoms with Crippen LogP contribution < -0.4 is 5.43 Å². The van der Waals surface area contributed by atoms with E-state index < -0.39 is 17.2 Å². The van der Waals surface area contributed by atoms with Gasteiger partial charge in [-0.2, -0.15) is 0 Å². The Kier molecular flexibility index (Phi) is 4.87. The molecule has 5 nitrogen and oxygen atoms in total. The van der Waals surface area contributed by atoms with E-state index in [2.05, 4.69) is 4.98 Å². The highest BCUT2D eigenvalue weighted by Gasteiger charge is 2.18. The third-order valence-electron chi connectivity index (χ3n) is 3.59. The van der Waals surface area contributed by atoms with E-state index in [0.29, 0.717) is 12.1 Å². The summed E-state index contributed by atoms with van der Waals surface area (Å²) in [6.07, 6.45) is 1.41. The van der Waals surface area contributed by atoms with Crippen LogP contribution in [-0.2, 0) is 11.3 Å². The zero-order valence-corrected chi connectivity index (χ0v) is 15.1. The van der Waals surface area contributed by atoms with Crippen LogP contribution in [0.2, 0.25) is 5.02 Å². The molecule has 3 aromatic rings. The topological polar surface area (TPSA) is 61.2 Å². The molecule has 0 unspecified atom stereocenters. The molecule has 0 atom stereocenters. The highest BCUT2D eigenvalue weighted by atomic mass is 35.5. The summed E-state index contributed by atoms with van der Waals surface area (Å²) >= 11 is 7.33. The number of halogens is 2. The van der Waals surface area contributed by atoms with Gasteiger partial charge in [-0.15, -0.1) is 11.3 Å². The van der Waals surface area contributed by atoms with E-state index in [1.165, 1.54) is 23.6 Å². The second kappa shape index (κ2) is 6.93. The molecule has 0 saturated carbocycles. The van der Waals surface area contributed by atoms with Gasteiger partial charge in [0.1, 0.15) is 16.4 Å². The van der Waals surface area contributed by atoms with Crippen molar-refractivity contribution >= 4 is 39.8 Å². The molecule has 0 bridgehead atoms. The predicted molar refractivity (Wildman–Crippen MR) is 95.1 cm³/mol. The van der Waals surface area contributed by atoms with E-state index in [4.69, 9.17) is 16.3 Å². The van der Waals surface area contributed by atoms with Crippen LogP contribution in [0.15, 0.2) is 28.5 Å². The van der Waals surface area contributed by atoms with E-state index in [-0.39, 0.29) is 22.6 Å². The minimum atomic E-state index is -0.742. The van der Waals surface area contributed by atoms with Gasteiger partial charge in [-0.05, 0) is 26.0 Å². The number of esters is 1. The van der Waals surface area contributed by atoms with Gasteiger partial charge in [-0.3, -0.25) is 4.79 Å². The van der Waals surface area contributed by atoms with Crippen molar-refractivity contribution < 1.29 is 13.9 Å². The number of ether oxygens (including phenoxy) is 1. The first kappa shape index (κ1) is 17.6. The lowest BCUT2D eigenvalue weighted by Crippen LogP contribution is -2.21. The van der Waals surface area contributed by atoms with E-state index in [0.717, 1.165) is 16.8 Å². The largest absolute Gasteiger partial charge is 0.462 e. The number of pyridine rings is 1. The minimum absolute atomic E-state index is 0.0701.